The number of nitrogens with zero attached hydrogens (tertiary/aromatic N) is 1. The SMILES string of the molecule is Cc1cc(C2CCN(S(=O)(=O)C(C)(C)C(=O)O)CC2)ccc1-c1cccc(OCC(O[Si](c2ccccc2)c2ccccc2)C(C)(C)C)c1. The number of hydrogen-bond donors (Lipinski definition) is 1. The van der Waals surface area contributed by atoms with E-state index in [1.54, 1.807) is 0 Å². The zero-order chi connectivity index (χ0) is 35.4. The number of benzene rings is 4. The van der Waals surface area contributed by atoms with E-state index in [1.165, 1.54) is 34.1 Å². The molecule has 1 N–H and O–H groups in total. The van der Waals surface area contributed by atoms with Crippen LogP contribution in [0.2, 0.25) is 0 Å². The predicted octanol–water partition coefficient (Wildman–Crippen LogP) is 6.65. The quantitative estimate of drug-likeness (QED) is 0.167. The van der Waals surface area contributed by atoms with Gasteiger partial charge in [0, 0.05) is 13.1 Å². The third-order valence-electron chi connectivity index (χ3n) is 9.52. The van der Waals surface area contributed by atoms with Crippen LogP contribution in [0, 0.1) is 12.3 Å². The summed E-state index contributed by atoms with van der Waals surface area (Å²) in [5.41, 5.74) is 4.31. The maximum atomic E-state index is 13.0. The maximum absolute atomic E-state index is 13.0. The second-order valence-corrected chi connectivity index (χ2v) is 19.0. The van der Waals surface area contributed by atoms with E-state index in [1.807, 2.05) is 24.3 Å². The van der Waals surface area contributed by atoms with Gasteiger partial charge in [0.15, 0.2) is 4.75 Å². The second kappa shape index (κ2) is 15.0. The summed E-state index contributed by atoms with van der Waals surface area (Å²) in [5, 5.41) is 11.9. The molecule has 1 unspecified atom stereocenters. The van der Waals surface area contributed by atoms with Crippen LogP contribution < -0.4 is 15.1 Å². The molecule has 1 heterocycles. The molecule has 1 aliphatic rings. The maximum Gasteiger partial charge on any atom is 0.325 e. The Morgan fingerprint density at radius 1 is 0.857 bits per heavy atom. The number of rotatable bonds is 12. The van der Waals surface area contributed by atoms with E-state index in [2.05, 4.69) is 107 Å². The molecule has 5 rings (SSSR count). The van der Waals surface area contributed by atoms with Crippen molar-refractivity contribution in [2.45, 2.75) is 71.2 Å². The Morgan fingerprint density at radius 2 is 1.45 bits per heavy atom. The van der Waals surface area contributed by atoms with Gasteiger partial charge >= 0.3 is 5.97 Å². The fourth-order valence-electron chi connectivity index (χ4n) is 6.14. The van der Waals surface area contributed by atoms with E-state index >= 15 is 0 Å². The lowest BCUT2D eigenvalue weighted by Gasteiger charge is -2.35. The van der Waals surface area contributed by atoms with Crippen LogP contribution in [0.15, 0.2) is 103 Å². The average molecular weight is 699 g/mol. The molecule has 0 saturated carbocycles. The molecule has 4 aromatic rings. The highest BCUT2D eigenvalue weighted by molar-refractivity contribution is 7.91. The Hall–Kier alpha value is -3.76. The first-order valence-electron chi connectivity index (χ1n) is 16.9. The lowest BCUT2D eigenvalue weighted by Crippen LogP contribution is -2.51. The van der Waals surface area contributed by atoms with Crippen molar-refractivity contribution in [1.29, 1.82) is 0 Å². The molecule has 0 bridgehead atoms. The first-order valence-corrected chi connectivity index (χ1v) is 19.7. The summed E-state index contributed by atoms with van der Waals surface area (Å²) in [6, 6.07) is 35.6. The van der Waals surface area contributed by atoms with Crippen molar-refractivity contribution in [3.8, 4) is 16.9 Å². The standard InChI is InChI=1S/C40H48NO6SSi/c1-29-26-31(30-22-24-41(25-23-30)48(44,45)40(5,6)38(42)43)20-21-36(29)32-14-13-15-33(27-32)46-28-37(39(2,3)4)47-49(34-16-9-7-10-17-34)35-18-11-8-12-19-35/h7-21,26-27,30,37H,22-25,28H2,1-6H3,(H,42,43). The van der Waals surface area contributed by atoms with Gasteiger partial charge in [0.05, 0.1) is 6.10 Å². The van der Waals surface area contributed by atoms with Crippen LogP contribution in [-0.2, 0) is 19.2 Å². The average Bonchev–Trinajstić information content (AvgIpc) is 3.08. The summed E-state index contributed by atoms with van der Waals surface area (Å²) in [4.78, 5) is 11.6. The highest BCUT2D eigenvalue weighted by Gasteiger charge is 2.46. The summed E-state index contributed by atoms with van der Waals surface area (Å²) >= 11 is 0. The molecule has 1 saturated heterocycles. The molecule has 4 aromatic carbocycles. The topological polar surface area (TPSA) is 93.1 Å². The summed E-state index contributed by atoms with van der Waals surface area (Å²) in [6.07, 6.45) is 1.14. The third-order valence-corrected chi connectivity index (χ3v) is 14.3. The van der Waals surface area contributed by atoms with Crippen LogP contribution in [-0.4, -0.2) is 63.4 Å². The third kappa shape index (κ3) is 8.35. The molecule has 0 spiro atoms. The lowest BCUT2D eigenvalue weighted by atomic mass is 9.87. The molecule has 0 aromatic heterocycles. The highest BCUT2D eigenvalue weighted by atomic mass is 32.2. The molecule has 0 aliphatic carbocycles. The van der Waals surface area contributed by atoms with Gasteiger partial charge < -0.3 is 14.3 Å². The van der Waals surface area contributed by atoms with E-state index < -0.39 is 29.8 Å². The van der Waals surface area contributed by atoms with Gasteiger partial charge in [-0.25, -0.2) is 12.7 Å². The van der Waals surface area contributed by atoms with Gasteiger partial charge in [-0.15, -0.1) is 0 Å². The van der Waals surface area contributed by atoms with Gasteiger partial charge in [-0.05, 0) is 89.7 Å². The van der Waals surface area contributed by atoms with Crippen molar-refractivity contribution in [1.82, 2.24) is 4.31 Å². The minimum atomic E-state index is -3.96. The fraction of sp³-hybridized carbons (Fsp3) is 0.375. The first kappa shape index (κ1) is 36.5. The van der Waals surface area contributed by atoms with Gasteiger partial charge in [-0.1, -0.05) is 112 Å². The largest absolute Gasteiger partial charge is 0.491 e. The van der Waals surface area contributed by atoms with Gasteiger partial charge in [0.2, 0.25) is 10.0 Å². The van der Waals surface area contributed by atoms with E-state index in [0.29, 0.717) is 32.5 Å². The van der Waals surface area contributed by atoms with Crippen molar-refractivity contribution in [2.24, 2.45) is 5.41 Å². The summed E-state index contributed by atoms with van der Waals surface area (Å²) < 4.78 is 38.9. The van der Waals surface area contributed by atoms with E-state index in [4.69, 9.17) is 9.16 Å². The number of piperidine rings is 1. The van der Waals surface area contributed by atoms with Gasteiger partial charge in [0.25, 0.3) is 9.04 Å². The molecule has 1 atom stereocenters. The molecular weight excluding hydrogens is 651 g/mol. The molecule has 1 aliphatic heterocycles. The summed E-state index contributed by atoms with van der Waals surface area (Å²) in [6.45, 7) is 12.2. The molecule has 9 heteroatoms. The smallest absolute Gasteiger partial charge is 0.325 e. The first-order chi connectivity index (χ1) is 23.2. The van der Waals surface area contributed by atoms with Crippen LogP contribution in [0.5, 0.6) is 5.75 Å². The fourth-order valence-corrected chi connectivity index (χ4v) is 10.00. The zero-order valence-electron chi connectivity index (χ0n) is 29.3. The summed E-state index contributed by atoms with van der Waals surface area (Å²) in [5.74, 6) is -0.349. The normalized spacial score (nSPS) is 15.7. The minimum Gasteiger partial charge on any atom is -0.491 e. The zero-order valence-corrected chi connectivity index (χ0v) is 31.2. The number of aliphatic carboxylic acids is 1. The Labute approximate surface area is 293 Å². The van der Waals surface area contributed by atoms with Crippen molar-refractivity contribution < 1.29 is 27.5 Å². The monoisotopic (exact) mass is 698 g/mol. The van der Waals surface area contributed by atoms with Gasteiger partial charge in [0.1, 0.15) is 12.4 Å². The highest BCUT2D eigenvalue weighted by Crippen LogP contribution is 2.35. The lowest BCUT2D eigenvalue weighted by molar-refractivity contribution is -0.139. The van der Waals surface area contributed by atoms with Crippen LogP contribution >= 0.6 is 0 Å². The van der Waals surface area contributed by atoms with Crippen LogP contribution in [0.3, 0.4) is 0 Å². The number of carbonyl (C=O) groups is 1. The van der Waals surface area contributed by atoms with Crippen LogP contribution in [0.25, 0.3) is 11.1 Å². The van der Waals surface area contributed by atoms with E-state index in [-0.39, 0.29) is 17.4 Å². The molecule has 0 amide bonds. The Bertz CT molecular complexity index is 1790. The molecular formula is C40H48NO6SSi. The van der Waals surface area contributed by atoms with Gasteiger partial charge in [-0.2, -0.15) is 0 Å². The summed E-state index contributed by atoms with van der Waals surface area (Å²) in [7, 11) is -5.47. The Kier molecular flexibility index (Phi) is 11.2. The number of carboxylic acids is 1. The van der Waals surface area contributed by atoms with Crippen LogP contribution in [0.4, 0.5) is 0 Å². The minimum absolute atomic E-state index is 0.150. The van der Waals surface area contributed by atoms with Crippen molar-refractivity contribution in [3.05, 3.63) is 114 Å². The van der Waals surface area contributed by atoms with Gasteiger partial charge in [-0.3, -0.25) is 4.79 Å². The molecule has 1 radical (unpaired) electrons. The second-order valence-electron chi connectivity index (χ2n) is 14.4. The Morgan fingerprint density at radius 3 is 1.98 bits per heavy atom. The van der Waals surface area contributed by atoms with Crippen molar-refractivity contribution in [2.75, 3.05) is 19.7 Å². The molecule has 7 nitrogen and oxygen atoms in total. The molecule has 259 valence electrons. The molecule has 1 fully saturated rings. The number of hydrogen-bond acceptors (Lipinski definition) is 5. The van der Waals surface area contributed by atoms with Crippen molar-refractivity contribution >= 4 is 35.4 Å². The Balaban J connectivity index is 1.27. The molecule has 49 heavy (non-hydrogen) atoms. The van der Waals surface area contributed by atoms with Crippen LogP contribution in [0.1, 0.15) is 64.5 Å². The number of sulfonamides is 1. The number of aryl methyl sites for hydroxylation is 1. The van der Waals surface area contributed by atoms with Crippen molar-refractivity contribution in [3.63, 3.8) is 0 Å². The van der Waals surface area contributed by atoms with E-state index in [0.717, 1.165) is 22.4 Å². The predicted molar refractivity (Wildman–Crippen MR) is 199 cm³/mol. The number of carboxylic acid groups (broad SMARTS) is 1. The number of ether oxygens (including phenoxy) is 1. The van der Waals surface area contributed by atoms with E-state index in [9.17, 15) is 18.3 Å².